The van der Waals surface area contributed by atoms with Gasteiger partial charge in [0, 0.05) is 11.1 Å². The maximum Gasteiger partial charge on any atom is 0.152 e. The van der Waals surface area contributed by atoms with Crippen LogP contribution in [0, 0.1) is 0 Å². The smallest absolute Gasteiger partial charge is 0.152 e. The van der Waals surface area contributed by atoms with E-state index in [1.54, 1.807) is 0 Å². The fraction of sp³-hybridized carbons (Fsp3) is 0. The largest absolute Gasteiger partial charge is 0.298 e. The first-order valence-electron chi connectivity index (χ1n) is 3.09. The van der Waals surface area contributed by atoms with Crippen molar-refractivity contribution in [2.24, 2.45) is 0 Å². The van der Waals surface area contributed by atoms with Crippen LogP contribution in [0.2, 0.25) is 10.0 Å². The molecule has 0 aliphatic heterocycles. The summed E-state index contributed by atoms with van der Waals surface area (Å²) in [5.41, 5.74) is 0.388. The predicted molar refractivity (Wildman–Crippen MR) is 47.2 cm³/mol. The maximum absolute atomic E-state index is 10.5. The van der Waals surface area contributed by atoms with E-state index in [0.29, 0.717) is 12.6 Å². The van der Waals surface area contributed by atoms with Gasteiger partial charge < -0.3 is 0 Å². The van der Waals surface area contributed by atoms with E-state index in [2.05, 4.69) is 0 Å². The van der Waals surface area contributed by atoms with E-state index in [1.165, 1.54) is 12.1 Å². The zero-order chi connectivity index (χ0) is 9.14. The van der Waals surface area contributed by atoms with Crippen molar-refractivity contribution >= 4 is 35.8 Å². The van der Waals surface area contributed by atoms with Gasteiger partial charge in [-0.25, -0.2) is 0 Å². The Kier molecular flexibility index (Phi) is 2.84. The molecule has 0 unspecified atom stereocenters. The normalized spacial score (nSPS) is 9.50. The first-order valence-corrected chi connectivity index (χ1v) is 3.84. The molecule has 1 rings (SSSR count). The summed E-state index contributed by atoms with van der Waals surface area (Å²) >= 11 is 11.3. The highest BCUT2D eigenvalue weighted by atomic mass is 35.5. The molecule has 0 fully saturated rings. The molecule has 0 amide bonds. The molecule has 2 nitrogen and oxygen atoms in total. The van der Waals surface area contributed by atoms with Crippen LogP contribution in [0.3, 0.4) is 0 Å². The molecule has 0 aromatic heterocycles. The minimum Gasteiger partial charge on any atom is -0.298 e. The highest BCUT2D eigenvalue weighted by Crippen LogP contribution is 2.26. The van der Waals surface area contributed by atoms with Gasteiger partial charge in [-0.3, -0.25) is 9.59 Å². The summed E-state index contributed by atoms with van der Waals surface area (Å²) in [7, 11) is 0. The predicted octanol–water partition coefficient (Wildman–Crippen LogP) is 2.62. The standard InChI is InChI=1S/C8H4Cl2O2/c9-7-2-1-5(3-11)6(4-12)8(7)10/h1-4H. The quantitative estimate of drug-likeness (QED) is 0.692. The van der Waals surface area contributed by atoms with Crippen LogP contribution >= 0.6 is 23.2 Å². The molecule has 0 spiro atoms. The molecule has 12 heavy (non-hydrogen) atoms. The number of hydrogen-bond donors (Lipinski definition) is 0. The highest BCUT2D eigenvalue weighted by Gasteiger charge is 2.08. The van der Waals surface area contributed by atoms with Gasteiger partial charge in [-0.15, -0.1) is 0 Å². The van der Waals surface area contributed by atoms with E-state index in [-0.39, 0.29) is 21.2 Å². The molecule has 0 saturated carbocycles. The van der Waals surface area contributed by atoms with Crippen LogP contribution in [-0.4, -0.2) is 12.6 Å². The molecule has 0 saturated heterocycles. The molecule has 0 atom stereocenters. The highest BCUT2D eigenvalue weighted by molar-refractivity contribution is 6.43. The van der Waals surface area contributed by atoms with Crippen LogP contribution in [0.15, 0.2) is 12.1 Å². The molecule has 0 heterocycles. The first-order chi connectivity index (χ1) is 5.70. The molecule has 0 N–H and O–H groups in total. The Bertz CT molecular complexity index is 334. The fourth-order valence-electron chi connectivity index (χ4n) is 0.804. The van der Waals surface area contributed by atoms with Gasteiger partial charge in [0.05, 0.1) is 10.0 Å². The summed E-state index contributed by atoms with van der Waals surface area (Å²) in [6.07, 6.45) is 1.07. The lowest BCUT2D eigenvalue weighted by Crippen LogP contribution is -1.91. The van der Waals surface area contributed by atoms with Gasteiger partial charge in [0.2, 0.25) is 0 Å². The fourth-order valence-corrected chi connectivity index (χ4v) is 1.19. The Morgan fingerprint density at radius 1 is 1.08 bits per heavy atom. The van der Waals surface area contributed by atoms with E-state index in [4.69, 9.17) is 23.2 Å². The monoisotopic (exact) mass is 202 g/mol. The summed E-state index contributed by atoms with van der Waals surface area (Å²) in [5.74, 6) is 0. The Balaban J connectivity index is 3.45. The topological polar surface area (TPSA) is 34.1 Å². The average molecular weight is 203 g/mol. The van der Waals surface area contributed by atoms with E-state index < -0.39 is 0 Å². The summed E-state index contributed by atoms with van der Waals surface area (Å²) < 4.78 is 0. The van der Waals surface area contributed by atoms with Crippen LogP contribution in [0.25, 0.3) is 0 Å². The van der Waals surface area contributed by atoms with E-state index in [1.807, 2.05) is 0 Å². The van der Waals surface area contributed by atoms with Crippen LogP contribution < -0.4 is 0 Å². The van der Waals surface area contributed by atoms with Crippen LogP contribution in [0.5, 0.6) is 0 Å². The van der Waals surface area contributed by atoms with Gasteiger partial charge in [0.15, 0.2) is 12.6 Å². The Morgan fingerprint density at radius 3 is 2.25 bits per heavy atom. The van der Waals surface area contributed by atoms with Crippen molar-refractivity contribution in [3.63, 3.8) is 0 Å². The van der Waals surface area contributed by atoms with E-state index in [0.717, 1.165) is 0 Å². The van der Waals surface area contributed by atoms with Crippen molar-refractivity contribution in [2.45, 2.75) is 0 Å². The maximum atomic E-state index is 10.5. The molecule has 0 radical (unpaired) electrons. The lowest BCUT2D eigenvalue weighted by molar-refractivity contribution is 0.109. The van der Waals surface area contributed by atoms with E-state index >= 15 is 0 Å². The zero-order valence-electron chi connectivity index (χ0n) is 5.88. The summed E-state index contributed by atoms with van der Waals surface area (Å²) in [5, 5.41) is 0.389. The number of carbonyl (C=O) groups is 2. The molecule has 0 aliphatic rings. The van der Waals surface area contributed by atoms with Crippen LogP contribution in [0.1, 0.15) is 20.7 Å². The summed E-state index contributed by atoms with van der Waals surface area (Å²) in [4.78, 5) is 20.8. The molecular formula is C8H4Cl2O2. The number of rotatable bonds is 2. The first kappa shape index (κ1) is 9.23. The number of halogens is 2. The number of benzene rings is 1. The SMILES string of the molecule is O=Cc1ccc(Cl)c(Cl)c1C=O. The van der Waals surface area contributed by atoms with Crippen LogP contribution in [0.4, 0.5) is 0 Å². The molecule has 1 aromatic carbocycles. The molecule has 62 valence electrons. The average Bonchev–Trinajstić information content (AvgIpc) is 2.09. The van der Waals surface area contributed by atoms with Crippen molar-refractivity contribution in [1.29, 1.82) is 0 Å². The van der Waals surface area contributed by atoms with Crippen molar-refractivity contribution in [3.8, 4) is 0 Å². The Labute approximate surface area is 79.1 Å². The van der Waals surface area contributed by atoms with Gasteiger partial charge in [0.25, 0.3) is 0 Å². The minimum atomic E-state index is 0.122. The van der Waals surface area contributed by atoms with Crippen molar-refractivity contribution in [3.05, 3.63) is 33.3 Å². The molecule has 0 aliphatic carbocycles. The third kappa shape index (κ3) is 1.49. The summed E-state index contributed by atoms with van der Waals surface area (Å²) in [6, 6.07) is 2.92. The van der Waals surface area contributed by atoms with Crippen molar-refractivity contribution in [1.82, 2.24) is 0 Å². The van der Waals surface area contributed by atoms with Gasteiger partial charge in [-0.05, 0) is 12.1 Å². The number of hydrogen-bond acceptors (Lipinski definition) is 2. The third-order valence-electron chi connectivity index (χ3n) is 1.41. The second-order valence-corrected chi connectivity index (χ2v) is 2.89. The number of carbonyl (C=O) groups excluding carboxylic acids is 2. The second-order valence-electron chi connectivity index (χ2n) is 2.10. The lowest BCUT2D eigenvalue weighted by atomic mass is 10.1. The van der Waals surface area contributed by atoms with Crippen molar-refractivity contribution in [2.75, 3.05) is 0 Å². The molecule has 4 heteroatoms. The second kappa shape index (κ2) is 3.70. The number of aldehydes is 2. The van der Waals surface area contributed by atoms with Gasteiger partial charge in [0.1, 0.15) is 0 Å². The van der Waals surface area contributed by atoms with Gasteiger partial charge >= 0.3 is 0 Å². The van der Waals surface area contributed by atoms with Gasteiger partial charge in [-0.2, -0.15) is 0 Å². The lowest BCUT2D eigenvalue weighted by Gasteiger charge is -2.00. The summed E-state index contributed by atoms with van der Waals surface area (Å²) in [6.45, 7) is 0. The van der Waals surface area contributed by atoms with Gasteiger partial charge in [-0.1, -0.05) is 23.2 Å². The third-order valence-corrected chi connectivity index (χ3v) is 2.23. The molecule has 1 aromatic rings. The molecule has 0 bridgehead atoms. The van der Waals surface area contributed by atoms with Crippen LogP contribution in [-0.2, 0) is 0 Å². The van der Waals surface area contributed by atoms with E-state index in [9.17, 15) is 9.59 Å². The molecular weight excluding hydrogens is 199 g/mol. The Morgan fingerprint density at radius 2 is 1.75 bits per heavy atom. The van der Waals surface area contributed by atoms with Crippen molar-refractivity contribution < 1.29 is 9.59 Å². The minimum absolute atomic E-state index is 0.122. The Hall–Kier alpha value is -0.860. The zero-order valence-corrected chi connectivity index (χ0v) is 7.39.